The monoisotopic (exact) mass is 871 g/mol. The van der Waals surface area contributed by atoms with Crippen molar-refractivity contribution in [1.82, 2.24) is 20.1 Å². The Hall–Kier alpha value is -3.64. The van der Waals surface area contributed by atoms with Crippen LogP contribution in [0.15, 0.2) is 35.5 Å². The van der Waals surface area contributed by atoms with Gasteiger partial charge in [-0.1, -0.05) is 50.5 Å². The molecule has 0 spiro atoms. The molecule has 1 N–H and O–H groups in total. The molecule has 4 aliphatic heterocycles. The van der Waals surface area contributed by atoms with Crippen LogP contribution in [0.5, 0.6) is 0 Å². The van der Waals surface area contributed by atoms with Gasteiger partial charge in [0, 0.05) is 29.7 Å². The van der Waals surface area contributed by atoms with Crippen molar-refractivity contribution in [2.45, 2.75) is 142 Å². The Balaban J connectivity index is 1.38. The Morgan fingerprint density at radius 3 is 2.44 bits per heavy atom. The number of nitrogens with zero attached hydrogens (tertiary/aromatic N) is 5. The molecule has 4 aliphatic rings. The maximum absolute atomic E-state index is 14.6. The van der Waals surface area contributed by atoms with E-state index in [4.69, 9.17) is 44.9 Å². The Kier molecular flexibility index (Phi) is 14.9. The molecule has 0 radical (unpaired) electrons. The third-order valence-corrected chi connectivity index (χ3v) is 13.3. The van der Waals surface area contributed by atoms with Gasteiger partial charge in [0.25, 0.3) is 0 Å². The van der Waals surface area contributed by atoms with E-state index in [-0.39, 0.29) is 55.7 Å². The number of aromatic nitrogens is 3. The van der Waals surface area contributed by atoms with Crippen molar-refractivity contribution in [3.63, 3.8) is 0 Å². The second-order valence-corrected chi connectivity index (χ2v) is 18.3. The van der Waals surface area contributed by atoms with Crippen LogP contribution in [0.1, 0.15) is 86.8 Å². The van der Waals surface area contributed by atoms with Crippen LogP contribution in [0.25, 0.3) is 11.4 Å². The molecule has 0 aromatic carbocycles. The summed E-state index contributed by atoms with van der Waals surface area (Å²) in [7, 11) is 3.80. The first-order chi connectivity index (χ1) is 28.8. The summed E-state index contributed by atoms with van der Waals surface area (Å²) in [5.41, 5.74) is -0.437. The smallest absolute Gasteiger partial charge is 0.311 e. The highest BCUT2D eigenvalue weighted by Crippen LogP contribution is 2.46. The number of likely N-dealkylation sites (N-methyl/N-ethyl adjacent to an activating group) is 1. The summed E-state index contributed by atoms with van der Waals surface area (Å²) in [4.78, 5) is 54.4. The second kappa shape index (κ2) is 19.4. The number of pyridine rings is 1. The SMILES string of the molecule is CC[C@H]1OC(=O)[C@H](C)[C@H]2OC/C(=N/OCc3cccc(-c4ccc(Cl)nn4)n3)CO[C@](C)(C[C@@H](C)C(=O)[C@H](C)[C@@H]3CC(=O)O[C@]13C)[C@H](O[C@@H]1O[C@H](C)C[C@H](N(C)C)[C@H]1O)[C@@H]2C. The molecule has 0 saturated carbocycles. The average molecular weight is 872 g/mol. The standard InChI is InChI=1S/C44H62ClN5O11/c1-11-34-44(8)30(18-36(51)61-44)25(4)37(52)23(2)19-43(7)40(60-42-38(53)33(50(9)10)17-24(3)58-42)26(5)39(27(6)41(54)59-34)55-20-29(21-56-43)49-57-22-28-13-12-14-31(46-28)32-15-16-35(45)48-47-32/h12-16,23-27,30,33-34,38-40,42,53H,11,17-22H2,1-10H3/b49-29-/t23-,24-,25-,26-,27-,30+,33+,34-,38-,39+,40-,42+,43-,44+/m1/s1. The van der Waals surface area contributed by atoms with Crippen molar-refractivity contribution in [2.24, 2.45) is 34.7 Å². The quantitative estimate of drug-likeness (QED) is 0.269. The number of hydrogen-bond donors (Lipinski definition) is 1. The van der Waals surface area contributed by atoms with E-state index < -0.39 is 83.4 Å². The van der Waals surface area contributed by atoms with Crippen LogP contribution in [0.4, 0.5) is 0 Å². The number of oxime groups is 1. The molecule has 2 aromatic heterocycles. The van der Waals surface area contributed by atoms with Gasteiger partial charge >= 0.3 is 11.9 Å². The molecule has 4 fully saturated rings. The molecule has 61 heavy (non-hydrogen) atoms. The van der Waals surface area contributed by atoms with Gasteiger partial charge in [-0.25, -0.2) is 4.98 Å². The number of aliphatic hydroxyl groups is 1. The highest BCUT2D eigenvalue weighted by atomic mass is 35.5. The van der Waals surface area contributed by atoms with Crippen LogP contribution in [0.2, 0.25) is 5.15 Å². The molecular formula is C44H62ClN5O11. The fraction of sp³-hybridized carbons (Fsp3) is 0.705. The third kappa shape index (κ3) is 10.3. The van der Waals surface area contributed by atoms with E-state index in [0.29, 0.717) is 35.6 Å². The van der Waals surface area contributed by atoms with Gasteiger partial charge in [0.2, 0.25) is 0 Å². The van der Waals surface area contributed by atoms with E-state index in [2.05, 4.69) is 20.3 Å². The van der Waals surface area contributed by atoms with Gasteiger partial charge in [-0.3, -0.25) is 14.4 Å². The zero-order chi connectivity index (χ0) is 44.4. The molecule has 0 amide bonds. The Morgan fingerprint density at radius 2 is 1.75 bits per heavy atom. The summed E-state index contributed by atoms with van der Waals surface area (Å²) >= 11 is 5.93. The number of esters is 2. The predicted molar refractivity (Wildman–Crippen MR) is 223 cm³/mol. The molecule has 336 valence electrons. The largest absolute Gasteiger partial charge is 0.458 e. The number of cyclic esters (lactones) is 1. The number of halogens is 1. The molecule has 17 heteroatoms. The highest BCUT2D eigenvalue weighted by molar-refractivity contribution is 6.29. The van der Waals surface area contributed by atoms with Crippen LogP contribution in [0.3, 0.4) is 0 Å². The topological polar surface area (TPSA) is 190 Å². The maximum Gasteiger partial charge on any atom is 0.311 e. The maximum atomic E-state index is 14.6. The average Bonchev–Trinajstić information content (AvgIpc) is 3.55. The lowest BCUT2D eigenvalue weighted by Gasteiger charge is -2.48. The zero-order valence-corrected chi connectivity index (χ0v) is 37.7. The molecule has 2 bridgehead atoms. The van der Waals surface area contributed by atoms with Crippen molar-refractivity contribution in [1.29, 1.82) is 0 Å². The summed E-state index contributed by atoms with van der Waals surface area (Å²) in [6.45, 7) is 14.5. The van der Waals surface area contributed by atoms with E-state index >= 15 is 0 Å². The summed E-state index contributed by atoms with van der Waals surface area (Å²) in [5, 5.41) is 24.5. The van der Waals surface area contributed by atoms with Gasteiger partial charge in [0.1, 0.15) is 35.0 Å². The number of Topliss-reactive ketones (excluding diaryl/α,β-unsaturated/α-hetero) is 1. The molecule has 16 nitrogen and oxygen atoms in total. The van der Waals surface area contributed by atoms with E-state index in [1.807, 2.05) is 66.6 Å². The van der Waals surface area contributed by atoms with Crippen LogP contribution in [-0.4, -0.2) is 130 Å². The summed E-state index contributed by atoms with van der Waals surface area (Å²) in [5.74, 6) is -4.40. The number of ketones is 1. The van der Waals surface area contributed by atoms with E-state index in [9.17, 15) is 19.5 Å². The van der Waals surface area contributed by atoms with Gasteiger partial charge in [-0.2, -0.15) is 0 Å². The number of aliphatic hydroxyl groups excluding tert-OH is 1. The molecular weight excluding hydrogens is 810 g/mol. The minimum atomic E-state index is -1.27. The number of carbonyl (C=O) groups is 3. The summed E-state index contributed by atoms with van der Waals surface area (Å²) < 4.78 is 39.0. The lowest BCUT2D eigenvalue weighted by atomic mass is 9.70. The number of hydrogen-bond acceptors (Lipinski definition) is 16. The predicted octanol–water partition coefficient (Wildman–Crippen LogP) is 5.21. The zero-order valence-electron chi connectivity index (χ0n) is 36.9. The van der Waals surface area contributed by atoms with Crippen LogP contribution < -0.4 is 0 Å². The first-order valence-electron chi connectivity index (χ1n) is 21.3. The molecule has 6 rings (SSSR count). The van der Waals surface area contributed by atoms with Crippen LogP contribution in [-0.2, 0) is 54.2 Å². The minimum Gasteiger partial charge on any atom is -0.458 e. The lowest BCUT2D eigenvalue weighted by Crippen LogP contribution is -2.60. The number of rotatable bonds is 8. The van der Waals surface area contributed by atoms with Gasteiger partial charge in [0.05, 0.1) is 60.9 Å². The third-order valence-electron chi connectivity index (χ3n) is 13.1. The molecule has 0 aliphatic carbocycles. The van der Waals surface area contributed by atoms with Crippen LogP contribution in [0, 0.1) is 29.6 Å². The summed E-state index contributed by atoms with van der Waals surface area (Å²) in [6.07, 6.45) is -3.86. The fourth-order valence-corrected chi connectivity index (χ4v) is 9.85. The second-order valence-electron chi connectivity index (χ2n) is 17.9. The number of ether oxygens (including phenoxy) is 6. The van der Waals surface area contributed by atoms with Crippen molar-refractivity contribution in [3.8, 4) is 11.4 Å². The van der Waals surface area contributed by atoms with E-state index in [1.54, 1.807) is 38.1 Å². The van der Waals surface area contributed by atoms with Gasteiger partial charge < -0.3 is 43.3 Å². The van der Waals surface area contributed by atoms with Crippen molar-refractivity contribution in [3.05, 3.63) is 41.2 Å². The van der Waals surface area contributed by atoms with Gasteiger partial charge in [-0.15, -0.1) is 10.2 Å². The first-order valence-corrected chi connectivity index (χ1v) is 21.7. The Labute approximate surface area is 363 Å². The molecule has 4 saturated heterocycles. The number of carbonyl (C=O) groups excluding carboxylic acids is 3. The number of fused-ring (bicyclic) bond motifs is 4. The van der Waals surface area contributed by atoms with E-state index in [0.717, 1.165) is 0 Å². The summed E-state index contributed by atoms with van der Waals surface area (Å²) in [6, 6.07) is 8.51. The minimum absolute atomic E-state index is 0.00159. The Morgan fingerprint density at radius 1 is 1.00 bits per heavy atom. The lowest BCUT2D eigenvalue weighted by molar-refractivity contribution is -0.302. The van der Waals surface area contributed by atoms with Crippen molar-refractivity contribution >= 4 is 35.0 Å². The van der Waals surface area contributed by atoms with Crippen molar-refractivity contribution in [2.75, 3.05) is 27.3 Å². The first kappa shape index (κ1) is 46.9. The van der Waals surface area contributed by atoms with Crippen LogP contribution >= 0.6 is 11.6 Å². The fourth-order valence-electron chi connectivity index (χ4n) is 9.75. The Bertz CT molecular complexity index is 1900. The van der Waals surface area contributed by atoms with E-state index in [1.165, 1.54) is 0 Å². The molecule has 0 unspecified atom stereocenters. The van der Waals surface area contributed by atoms with Gasteiger partial charge in [0.15, 0.2) is 18.1 Å². The van der Waals surface area contributed by atoms with Crippen molar-refractivity contribution < 1.29 is 52.7 Å². The molecule has 2 aromatic rings. The molecule has 14 atom stereocenters. The van der Waals surface area contributed by atoms with Gasteiger partial charge in [-0.05, 0) is 85.3 Å². The normalized spacial score (nSPS) is 38.5. The highest BCUT2D eigenvalue weighted by Gasteiger charge is 2.57. The molecule has 6 heterocycles.